The molecule has 7 aromatic rings. The molecule has 8 bridgehead atoms. The van der Waals surface area contributed by atoms with Gasteiger partial charge in [0.2, 0.25) is 0 Å². The Labute approximate surface area is 548 Å². The summed E-state index contributed by atoms with van der Waals surface area (Å²) in [6, 6.07) is 23.0. The normalized spacial score (nSPS) is 11.9. The monoisotopic (exact) mass is 1240 g/mol. The number of fused-ring (bicyclic) bond motifs is 20. The third kappa shape index (κ3) is 19.5. The van der Waals surface area contributed by atoms with E-state index in [2.05, 4.69) is 37.7 Å². The van der Waals surface area contributed by atoms with Gasteiger partial charge in [0.15, 0.2) is 46.4 Å². The van der Waals surface area contributed by atoms with Crippen LogP contribution in [0.25, 0.3) is 89.7 Å². The van der Waals surface area contributed by atoms with Crippen LogP contribution in [0.1, 0.15) is 326 Å². The van der Waals surface area contributed by atoms with E-state index in [1.54, 1.807) is 0 Å². The second kappa shape index (κ2) is 37.0. The summed E-state index contributed by atoms with van der Waals surface area (Å²) >= 11 is 0. The Bertz CT molecular complexity index is 3500. The van der Waals surface area contributed by atoms with Gasteiger partial charge in [-0.1, -0.05) is 257 Å². The SMILES string of the molecule is CCCCCCCCCCCC(=O)c1ccc2c(c1)-c1nc-2nc2[nH]c(nc3nc(nc4[nH]c(n1)c1ccc(C(=O)CCCCCCCCCCC)cc41)-c1ccc(C(=O)CCCCCCCCCCC)cc1-3)c1ccc(C(=O)CCCCCCCCCCC)cc21. The van der Waals surface area contributed by atoms with Crippen molar-refractivity contribution in [2.45, 2.75) is 285 Å². The zero-order chi connectivity index (χ0) is 64.3. The van der Waals surface area contributed by atoms with Crippen LogP contribution in [0.15, 0.2) is 72.8 Å². The van der Waals surface area contributed by atoms with E-state index >= 15 is 0 Å². The first kappa shape index (κ1) is 69.3. The summed E-state index contributed by atoms with van der Waals surface area (Å²) < 4.78 is 0. The lowest BCUT2D eigenvalue weighted by molar-refractivity contribution is 0.0971. The molecule has 2 aliphatic rings. The fourth-order valence-electron chi connectivity index (χ4n) is 13.5. The minimum Gasteiger partial charge on any atom is -0.324 e. The zero-order valence-electron chi connectivity index (χ0n) is 56.5. The number of rotatable bonds is 44. The number of hydrogen-bond donors (Lipinski definition) is 2. The van der Waals surface area contributed by atoms with Crippen molar-refractivity contribution >= 4 is 67.3 Å². The zero-order valence-corrected chi connectivity index (χ0v) is 56.5. The number of benzene rings is 4. The maximum Gasteiger partial charge on any atom is 0.164 e. The van der Waals surface area contributed by atoms with E-state index in [0.717, 1.165) is 87.8 Å². The number of nitrogens with one attached hydrogen (secondary N) is 2. The van der Waals surface area contributed by atoms with Crippen molar-refractivity contribution < 1.29 is 19.2 Å². The molecule has 490 valence electrons. The molecular formula is C80H106N8O4. The molecule has 92 heavy (non-hydrogen) atoms. The topological polar surface area (TPSA) is 177 Å². The van der Waals surface area contributed by atoms with Gasteiger partial charge < -0.3 is 9.97 Å². The highest BCUT2D eigenvalue weighted by Gasteiger charge is 2.26. The first-order valence-corrected chi connectivity index (χ1v) is 36.7. The molecule has 0 saturated heterocycles. The fraction of sp³-hybridized carbons (Fsp3) is 0.550. The van der Waals surface area contributed by atoms with Gasteiger partial charge in [-0.15, -0.1) is 0 Å². The molecule has 12 nitrogen and oxygen atoms in total. The minimum atomic E-state index is 0.0787. The molecule has 12 heteroatoms. The first-order chi connectivity index (χ1) is 45.2. The molecule has 0 unspecified atom stereocenters. The lowest BCUT2D eigenvalue weighted by Crippen LogP contribution is -1.99. The molecule has 0 atom stereocenters. The highest BCUT2D eigenvalue weighted by atomic mass is 16.1. The summed E-state index contributed by atoms with van der Waals surface area (Å²) in [5.41, 5.74) is 7.06. The fourth-order valence-corrected chi connectivity index (χ4v) is 13.5. The van der Waals surface area contributed by atoms with E-state index in [1.165, 1.54) is 154 Å². The molecule has 2 N–H and O–H groups in total. The van der Waals surface area contributed by atoms with Crippen molar-refractivity contribution in [1.29, 1.82) is 0 Å². The third-order valence-corrected chi connectivity index (χ3v) is 19.1. The lowest BCUT2D eigenvalue weighted by Gasteiger charge is -2.05. The highest BCUT2D eigenvalue weighted by molar-refractivity contribution is 6.11. The Morgan fingerprint density at radius 2 is 0.478 bits per heavy atom. The smallest absolute Gasteiger partial charge is 0.164 e. The van der Waals surface area contributed by atoms with Gasteiger partial charge in [0.05, 0.1) is 0 Å². The van der Waals surface area contributed by atoms with Gasteiger partial charge in [0.25, 0.3) is 0 Å². The number of carbonyl (C=O) groups is 4. The quantitative estimate of drug-likeness (QED) is 0.0276. The van der Waals surface area contributed by atoms with E-state index in [9.17, 15) is 19.2 Å². The molecule has 0 fully saturated rings. The number of carbonyl (C=O) groups excluding carboxylic acids is 4. The van der Waals surface area contributed by atoms with Gasteiger partial charge in [0, 0.05) is 91.7 Å². The number of Topliss-reactive ketones (excluding diaryl/α,β-unsaturated/α-hetero) is 4. The van der Waals surface area contributed by atoms with E-state index in [4.69, 9.17) is 29.9 Å². The van der Waals surface area contributed by atoms with E-state index in [1.807, 2.05) is 72.8 Å². The average Bonchev–Trinajstić information content (AvgIpc) is 1.65. The maximum atomic E-state index is 14.1. The molecular weight excluding hydrogens is 1140 g/mol. The molecule has 0 amide bonds. The van der Waals surface area contributed by atoms with Gasteiger partial charge in [-0.05, 0) is 74.2 Å². The van der Waals surface area contributed by atoms with E-state index < -0.39 is 0 Å². The van der Waals surface area contributed by atoms with Crippen molar-refractivity contribution in [3.05, 3.63) is 95.1 Å². The highest BCUT2D eigenvalue weighted by Crippen LogP contribution is 2.39. The number of nitrogens with zero attached hydrogens (tertiary/aromatic N) is 6. The molecule has 0 aliphatic carbocycles. The molecule has 5 heterocycles. The van der Waals surface area contributed by atoms with Crippen LogP contribution in [-0.2, 0) is 0 Å². The van der Waals surface area contributed by atoms with Gasteiger partial charge in [-0.3, -0.25) is 19.2 Å². The number of H-pyrrole nitrogens is 2. The molecule has 0 radical (unpaired) electrons. The van der Waals surface area contributed by atoms with Crippen molar-refractivity contribution in [3.63, 3.8) is 0 Å². The summed E-state index contributed by atoms with van der Waals surface area (Å²) in [5, 5.41) is 2.89. The van der Waals surface area contributed by atoms with E-state index in [-0.39, 0.29) is 23.1 Å². The second-order valence-corrected chi connectivity index (χ2v) is 26.7. The molecule has 2 aliphatic heterocycles. The lowest BCUT2D eigenvalue weighted by atomic mass is 9.99. The summed E-state index contributed by atoms with van der Waals surface area (Å²) in [4.78, 5) is 95.2. The predicted octanol–water partition coefficient (Wildman–Crippen LogP) is 23.3. The summed E-state index contributed by atoms with van der Waals surface area (Å²) in [7, 11) is 0. The summed E-state index contributed by atoms with van der Waals surface area (Å²) in [6.07, 6.45) is 44.0. The van der Waals surface area contributed by atoms with Gasteiger partial charge >= 0.3 is 0 Å². The molecule has 9 rings (SSSR count). The van der Waals surface area contributed by atoms with Crippen molar-refractivity contribution in [1.82, 2.24) is 39.9 Å². The minimum absolute atomic E-state index is 0.0787. The Morgan fingerprint density at radius 3 is 0.761 bits per heavy atom. The van der Waals surface area contributed by atoms with Crippen LogP contribution >= 0.6 is 0 Å². The van der Waals surface area contributed by atoms with Crippen LogP contribution < -0.4 is 0 Å². The van der Waals surface area contributed by atoms with Crippen LogP contribution in [0.5, 0.6) is 0 Å². The standard InChI is InChI=1S/C80H106N8O4/c1-5-9-13-17-21-25-29-33-37-41-69(89)57-45-49-61-65(53-57)77-81-73(61)86-78-67-55-59(71(91)43-39-35-31-27-23-19-15-11-7-3)47-51-63(67)75(83-78)88-80-68-56-60(72(92)44-40-36-32-28-24-20-16-12-8-4)48-52-64(68)76(84-80)87-79-66-54-58(46-50-62(66)74(82-79)85-77)70(90)42-38-34-30-26-22-18-14-10-6-2/h45-56H,5-44H2,1-4H3,(H2,81,82,83,84,85,86,87,88). The molecule has 3 aromatic heterocycles. The average molecular weight is 1240 g/mol. The first-order valence-electron chi connectivity index (χ1n) is 36.7. The Morgan fingerprint density at radius 1 is 0.250 bits per heavy atom. The summed E-state index contributed by atoms with van der Waals surface area (Å²) in [6.45, 7) is 8.99. The number of ketones is 4. The van der Waals surface area contributed by atoms with Crippen LogP contribution in [0, 0.1) is 0 Å². The van der Waals surface area contributed by atoms with E-state index in [0.29, 0.717) is 127 Å². The van der Waals surface area contributed by atoms with Gasteiger partial charge in [0.1, 0.15) is 22.6 Å². The molecule has 0 saturated carbocycles. The predicted molar refractivity (Wildman–Crippen MR) is 381 cm³/mol. The third-order valence-electron chi connectivity index (χ3n) is 19.1. The molecule has 4 aromatic carbocycles. The number of aromatic amines is 2. The Balaban J connectivity index is 1.12. The number of aromatic nitrogens is 8. The maximum absolute atomic E-state index is 14.1. The Hall–Kier alpha value is -7.08. The van der Waals surface area contributed by atoms with Gasteiger partial charge in [-0.2, -0.15) is 0 Å². The number of unbranched alkanes of at least 4 members (excludes halogenated alkanes) is 32. The largest absolute Gasteiger partial charge is 0.324 e. The second-order valence-electron chi connectivity index (χ2n) is 26.7. The number of hydrogen-bond acceptors (Lipinski definition) is 10. The molecule has 0 spiro atoms. The van der Waals surface area contributed by atoms with Crippen LogP contribution in [-0.4, -0.2) is 63.0 Å². The van der Waals surface area contributed by atoms with Crippen molar-refractivity contribution in [2.24, 2.45) is 0 Å². The van der Waals surface area contributed by atoms with Crippen LogP contribution in [0.3, 0.4) is 0 Å². The van der Waals surface area contributed by atoms with Gasteiger partial charge in [-0.25, -0.2) is 29.9 Å². The van der Waals surface area contributed by atoms with Crippen LogP contribution in [0.2, 0.25) is 0 Å². The van der Waals surface area contributed by atoms with Crippen LogP contribution in [0.4, 0.5) is 0 Å². The van der Waals surface area contributed by atoms with Crippen molar-refractivity contribution in [2.75, 3.05) is 0 Å². The summed E-state index contributed by atoms with van der Waals surface area (Å²) in [5.74, 6) is 1.86. The Kier molecular flexibility index (Phi) is 27.8. The van der Waals surface area contributed by atoms with Crippen molar-refractivity contribution in [3.8, 4) is 45.6 Å².